The predicted octanol–water partition coefficient (Wildman–Crippen LogP) is 1.04. The van der Waals surface area contributed by atoms with E-state index in [0.29, 0.717) is 18.2 Å². The zero-order chi connectivity index (χ0) is 13.8. The molecule has 0 aromatic heterocycles. The third-order valence-corrected chi connectivity index (χ3v) is 3.13. The summed E-state index contributed by atoms with van der Waals surface area (Å²) in [6, 6.07) is 5.11. The largest absolute Gasteiger partial charge is 0.490 e. The maximum absolute atomic E-state index is 11.8. The van der Waals surface area contributed by atoms with E-state index < -0.39 is 0 Å². The van der Waals surface area contributed by atoms with Crippen LogP contribution < -0.4 is 15.0 Å². The fourth-order valence-corrected chi connectivity index (χ4v) is 2.12. The Hall–Kier alpha value is -1.46. The van der Waals surface area contributed by atoms with Crippen molar-refractivity contribution in [2.75, 3.05) is 31.2 Å². The van der Waals surface area contributed by atoms with E-state index in [1.807, 2.05) is 4.90 Å². The van der Waals surface area contributed by atoms with Gasteiger partial charge in [-0.15, -0.1) is 0 Å². The average molecular weight is 285 g/mol. The van der Waals surface area contributed by atoms with Gasteiger partial charge >= 0.3 is 0 Å². The van der Waals surface area contributed by atoms with Gasteiger partial charge in [0.1, 0.15) is 12.4 Å². The number of nitrogens with one attached hydrogen (secondary N) is 1. The third-order valence-electron chi connectivity index (χ3n) is 2.90. The van der Waals surface area contributed by atoms with Crippen molar-refractivity contribution in [3.8, 4) is 5.75 Å². The molecule has 1 aromatic rings. The molecule has 19 heavy (non-hydrogen) atoms. The van der Waals surface area contributed by atoms with Gasteiger partial charge in [-0.3, -0.25) is 4.79 Å². The lowest BCUT2D eigenvalue weighted by atomic mass is 10.2. The van der Waals surface area contributed by atoms with Gasteiger partial charge in [-0.25, -0.2) is 0 Å². The van der Waals surface area contributed by atoms with E-state index in [1.54, 1.807) is 25.1 Å². The quantitative estimate of drug-likeness (QED) is 0.867. The fraction of sp³-hybridized carbons (Fsp3) is 0.462. The molecule has 2 N–H and O–H groups in total. The molecule has 0 spiro atoms. The van der Waals surface area contributed by atoms with Crippen LogP contribution in [0.25, 0.3) is 0 Å². The number of hydrogen-bond acceptors (Lipinski definition) is 4. The first-order chi connectivity index (χ1) is 9.10. The minimum atomic E-state index is -0.243. The van der Waals surface area contributed by atoms with Crippen LogP contribution in [0.4, 0.5) is 5.69 Å². The molecule has 0 fully saturated rings. The summed E-state index contributed by atoms with van der Waals surface area (Å²) in [4.78, 5) is 13.8. The van der Waals surface area contributed by atoms with Gasteiger partial charge in [0.25, 0.3) is 0 Å². The Morgan fingerprint density at radius 2 is 2.42 bits per heavy atom. The number of ether oxygens (including phenoxy) is 1. The van der Waals surface area contributed by atoms with Crippen LogP contribution in [0.3, 0.4) is 0 Å². The highest BCUT2D eigenvalue weighted by Crippen LogP contribution is 2.33. The summed E-state index contributed by atoms with van der Waals surface area (Å²) in [6.45, 7) is 3.08. The Morgan fingerprint density at radius 1 is 1.63 bits per heavy atom. The van der Waals surface area contributed by atoms with Gasteiger partial charge in [0, 0.05) is 11.1 Å². The lowest BCUT2D eigenvalue weighted by Gasteiger charge is -2.31. The molecule has 104 valence electrons. The molecule has 1 aliphatic heterocycles. The summed E-state index contributed by atoms with van der Waals surface area (Å²) in [5, 5.41) is 12.2. The first kappa shape index (κ1) is 14.0. The fourth-order valence-electron chi connectivity index (χ4n) is 1.95. The standard InChI is InChI=1S/C13H17ClN2O3/c1-9(8-17)15-13(18)7-16-4-5-19-12-3-2-10(14)6-11(12)16/h2-3,6,9,17H,4-5,7-8H2,1H3,(H,15,18). The number of fused-ring (bicyclic) bond motifs is 1. The van der Waals surface area contributed by atoms with Crippen LogP contribution in [0.2, 0.25) is 5.02 Å². The van der Waals surface area contributed by atoms with Crippen LogP contribution in [0, 0.1) is 0 Å². The van der Waals surface area contributed by atoms with Gasteiger partial charge in [-0.05, 0) is 25.1 Å². The average Bonchev–Trinajstić information content (AvgIpc) is 2.39. The van der Waals surface area contributed by atoms with Gasteiger partial charge < -0.3 is 20.1 Å². The molecule has 6 heteroatoms. The molecule has 1 amide bonds. The lowest BCUT2D eigenvalue weighted by molar-refractivity contribution is -0.120. The molecule has 1 heterocycles. The molecule has 1 aromatic carbocycles. The number of aliphatic hydroxyl groups is 1. The molecule has 0 bridgehead atoms. The van der Waals surface area contributed by atoms with E-state index >= 15 is 0 Å². The van der Waals surface area contributed by atoms with E-state index in [-0.39, 0.29) is 25.1 Å². The second-order valence-corrected chi connectivity index (χ2v) is 4.97. The van der Waals surface area contributed by atoms with Gasteiger partial charge in [-0.1, -0.05) is 11.6 Å². The van der Waals surface area contributed by atoms with Gasteiger partial charge in [0.05, 0.1) is 25.4 Å². The molecule has 5 nitrogen and oxygen atoms in total. The first-order valence-corrected chi connectivity index (χ1v) is 6.55. The van der Waals surface area contributed by atoms with E-state index in [1.165, 1.54) is 0 Å². The van der Waals surface area contributed by atoms with Gasteiger partial charge in [-0.2, -0.15) is 0 Å². The van der Waals surface area contributed by atoms with E-state index in [2.05, 4.69) is 5.32 Å². The number of carbonyl (C=O) groups excluding carboxylic acids is 1. The Morgan fingerprint density at radius 3 is 3.16 bits per heavy atom. The number of anilines is 1. The molecule has 1 atom stereocenters. The summed E-state index contributed by atoms with van der Waals surface area (Å²) in [6.07, 6.45) is 0. The predicted molar refractivity (Wildman–Crippen MR) is 73.9 cm³/mol. The van der Waals surface area contributed by atoms with E-state index in [4.69, 9.17) is 21.4 Å². The molecular formula is C13H17ClN2O3. The second kappa shape index (κ2) is 6.12. The molecule has 2 rings (SSSR count). The van der Waals surface area contributed by atoms with E-state index in [9.17, 15) is 4.79 Å². The van der Waals surface area contributed by atoms with Crippen LogP contribution in [0.15, 0.2) is 18.2 Å². The van der Waals surface area contributed by atoms with Gasteiger partial charge in [0.2, 0.25) is 5.91 Å². The molecule has 0 aliphatic carbocycles. The topological polar surface area (TPSA) is 61.8 Å². The minimum Gasteiger partial charge on any atom is -0.490 e. The Labute approximate surface area is 117 Å². The van der Waals surface area contributed by atoms with Crippen LogP contribution >= 0.6 is 11.6 Å². The number of nitrogens with zero attached hydrogens (tertiary/aromatic N) is 1. The van der Waals surface area contributed by atoms with E-state index in [0.717, 1.165) is 11.4 Å². The van der Waals surface area contributed by atoms with Crippen LogP contribution in [-0.2, 0) is 4.79 Å². The van der Waals surface area contributed by atoms with Crippen molar-refractivity contribution in [2.24, 2.45) is 0 Å². The molecule has 1 aliphatic rings. The smallest absolute Gasteiger partial charge is 0.239 e. The molecule has 0 radical (unpaired) electrons. The number of halogens is 1. The number of amides is 1. The van der Waals surface area contributed by atoms with Crippen LogP contribution in [0.1, 0.15) is 6.92 Å². The van der Waals surface area contributed by atoms with Gasteiger partial charge in [0.15, 0.2) is 0 Å². The number of hydrogen-bond donors (Lipinski definition) is 2. The number of rotatable bonds is 4. The summed E-state index contributed by atoms with van der Waals surface area (Å²) in [5.41, 5.74) is 0.825. The monoisotopic (exact) mass is 284 g/mol. The molecular weight excluding hydrogens is 268 g/mol. The third kappa shape index (κ3) is 3.52. The van der Waals surface area contributed by atoms with Crippen molar-refractivity contribution in [1.82, 2.24) is 5.32 Å². The minimum absolute atomic E-state index is 0.0722. The Kier molecular flexibility index (Phi) is 4.50. The van der Waals surface area contributed by atoms with Crippen molar-refractivity contribution >= 4 is 23.2 Å². The highest BCUT2D eigenvalue weighted by molar-refractivity contribution is 6.31. The summed E-state index contributed by atoms with van der Waals surface area (Å²) >= 11 is 5.97. The van der Waals surface area contributed by atoms with Crippen LogP contribution in [-0.4, -0.2) is 43.4 Å². The van der Waals surface area contributed by atoms with Crippen molar-refractivity contribution in [3.05, 3.63) is 23.2 Å². The zero-order valence-corrected chi connectivity index (χ0v) is 11.5. The van der Waals surface area contributed by atoms with Crippen molar-refractivity contribution in [1.29, 1.82) is 0 Å². The van der Waals surface area contributed by atoms with Crippen molar-refractivity contribution in [3.63, 3.8) is 0 Å². The SMILES string of the molecule is CC(CO)NC(=O)CN1CCOc2ccc(Cl)cc21. The maximum Gasteiger partial charge on any atom is 0.239 e. The summed E-state index contributed by atoms with van der Waals surface area (Å²) in [5.74, 6) is 0.605. The Bertz CT molecular complexity index is 467. The zero-order valence-electron chi connectivity index (χ0n) is 10.7. The van der Waals surface area contributed by atoms with Crippen molar-refractivity contribution in [2.45, 2.75) is 13.0 Å². The highest BCUT2D eigenvalue weighted by atomic mass is 35.5. The highest BCUT2D eigenvalue weighted by Gasteiger charge is 2.21. The number of benzene rings is 1. The molecule has 0 saturated heterocycles. The van der Waals surface area contributed by atoms with Crippen LogP contribution in [0.5, 0.6) is 5.75 Å². The normalized spacial score (nSPS) is 15.4. The Balaban J connectivity index is 2.07. The molecule has 1 unspecified atom stereocenters. The maximum atomic E-state index is 11.8. The molecule has 0 saturated carbocycles. The summed E-state index contributed by atoms with van der Waals surface area (Å²) < 4.78 is 5.52. The summed E-state index contributed by atoms with van der Waals surface area (Å²) in [7, 11) is 0. The second-order valence-electron chi connectivity index (χ2n) is 4.53. The number of carbonyl (C=O) groups is 1. The lowest BCUT2D eigenvalue weighted by Crippen LogP contribution is -2.44. The number of aliphatic hydroxyl groups excluding tert-OH is 1. The first-order valence-electron chi connectivity index (χ1n) is 6.17. The van der Waals surface area contributed by atoms with Crippen molar-refractivity contribution < 1.29 is 14.6 Å².